The van der Waals surface area contributed by atoms with E-state index in [0.717, 1.165) is 6.54 Å². The molecule has 0 amide bonds. The Morgan fingerprint density at radius 2 is 1.74 bits per heavy atom. The van der Waals surface area contributed by atoms with Gasteiger partial charge in [0, 0.05) is 23.7 Å². The van der Waals surface area contributed by atoms with E-state index in [9.17, 15) is 0 Å². The maximum absolute atomic E-state index is 4.32. The van der Waals surface area contributed by atoms with Gasteiger partial charge in [-0.05, 0) is 19.8 Å². The Balaban J connectivity index is 2.29. The van der Waals surface area contributed by atoms with Crippen LogP contribution in [0, 0.1) is 6.92 Å². The van der Waals surface area contributed by atoms with Gasteiger partial charge in [0.2, 0.25) is 0 Å². The van der Waals surface area contributed by atoms with Gasteiger partial charge in [-0.3, -0.25) is 0 Å². The average molecular weight is 282 g/mol. The third-order valence-electron chi connectivity index (χ3n) is 3.55. The summed E-state index contributed by atoms with van der Waals surface area (Å²) in [5.74, 6) is 0. The molecule has 0 aliphatic rings. The molecule has 0 saturated carbocycles. The van der Waals surface area contributed by atoms with Crippen molar-refractivity contribution in [3.05, 3.63) is 16.1 Å². The van der Waals surface area contributed by atoms with Gasteiger partial charge in [0.15, 0.2) is 0 Å². The highest BCUT2D eigenvalue weighted by Gasteiger charge is 2.08. The van der Waals surface area contributed by atoms with E-state index in [4.69, 9.17) is 0 Å². The highest BCUT2D eigenvalue weighted by atomic mass is 32.1. The van der Waals surface area contributed by atoms with E-state index in [0.29, 0.717) is 6.04 Å². The van der Waals surface area contributed by atoms with Crippen LogP contribution in [0.3, 0.4) is 0 Å². The molecule has 110 valence electrons. The number of aromatic nitrogens is 1. The Kier molecular flexibility index (Phi) is 9.10. The minimum atomic E-state index is 0.695. The van der Waals surface area contributed by atoms with Crippen LogP contribution in [0.4, 0.5) is 0 Å². The van der Waals surface area contributed by atoms with Crippen molar-refractivity contribution in [2.45, 2.75) is 84.7 Å². The van der Waals surface area contributed by atoms with E-state index in [1.165, 1.54) is 61.3 Å². The Labute approximate surface area is 123 Å². The maximum atomic E-state index is 4.32. The smallest absolute Gasteiger partial charge is 0.0897 e. The van der Waals surface area contributed by atoms with Crippen LogP contribution in [0.5, 0.6) is 0 Å². The van der Waals surface area contributed by atoms with E-state index < -0.39 is 0 Å². The lowest BCUT2D eigenvalue weighted by Crippen LogP contribution is -2.28. The molecule has 19 heavy (non-hydrogen) atoms. The number of hydrogen-bond donors (Lipinski definition) is 1. The molecule has 1 aromatic heterocycles. The first-order chi connectivity index (χ1) is 9.26. The Morgan fingerprint density at radius 3 is 2.21 bits per heavy atom. The molecule has 1 N–H and O–H groups in total. The van der Waals surface area contributed by atoms with Crippen molar-refractivity contribution >= 4 is 11.3 Å². The second-order valence-electron chi connectivity index (χ2n) is 5.41. The zero-order valence-electron chi connectivity index (χ0n) is 12.9. The summed E-state index contributed by atoms with van der Waals surface area (Å²) in [5.41, 5.74) is 0. The van der Waals surface area contributed by atoms with E-state index in [1.54, 1.807) is 0 Å². The maximum Gasteiger partial charge on any atom is 0.0897 e. The summed E-state index contributed by atoms with van der Waals surface area (Å²) >= 11 is 1.81. The minimum Gasteiger partial charge on any atom is -0.309 e. The third-order valence-corrected chi connectivity index (χ3v) is 4.46. The van der Waals surface area contributed by atoms with Crippen LogP contribution in [0.2, 0.25) is 0 Å². The normalized spacial score (nSPS) is 11.4. The van der Waals surface area contributed by atoms with Gasteiger partial charge < -0.3 is 5.32 Å². The first kappa shape index (κ1) is 16.6. The van der Waals surface area contributed by atoms with Crippen LogP contribution >= 0.6 is 11.3 Å². The zero-order valence-corrected chi connectivity index (χ0v) is 13.7. The van der Waals surface area contributed by atoms with Crippen LogP contribution in [0.1, 0.15) is 75.1 Å². The summed E-state index contributed by atoms with van der Waals surface area (Å²) < 4.78 is 0. The number of hydrogen-bond acceptors (Lipinski definition) is 3. The molecule has 0 radical (unpaired) electrons. The second-order valence-corrected chi connectivity index (χ2v) is 6.73. The average Bonchev–Trinajstić information content (AvgIpc) is 2.81. The minimum absolute atomic E-state index is 0.695. The molecule has 0 atom stereocenters. The fourth-order valence-corrected chi connectivity index (χ4v) is 3.11. The van der Waals surface area contributed by atoms with Crippen molar-refractivity contribution in [3.8, 4) is 0 Å². The molecule has 1 heterocycles. The molecule has 3 heteroatoms. The third kappa shape index (κ3) is 7.68. The standard InChI is InChI=1S/C16H30N2S/c1-4-6-8-10-15(11-9-7-5-2)18-13-16-12-17-14(3)19-16/h12,15,18H,4-11,13H2,1-3H3. The molecular weight excluding hydrogens is 252 g/mol. The molecule has 0 spiro atoms. The van der Waals surface area contributed by atoms with Gasteiger partial charge in [-0.25, -0.2) is 4.98 Å². The molecule has 0 bridgehead atoms. The fraction of sp³-hybridized carbons (Fsp3) is 0.812. The van der Waals surface area contributed by atoms with Crippen LogP contribution in [-0.4, -0.2) is 11.0 Å². The molecule has 0 saturated heterocycles. The van der Waals surface area contributed by atoms with Gasteiger partial charge in [-0.1, -0.05) is 52.4 Å². The molecular formula is C16H30N2S. The van der Waals surface area contributed by atoms with Gasteiger partial charge >= 0.3 is 0 Å². The summed E-state index contributed by atoms with van der Waals surface area (Å²) in [7, 11) is 0. The Morgan fingerprint density at radius 1 is 1.11 bits per heavy atom. The predicted molar refractivity (Wildman–Crippen MR) is 85.8 cm³/mol. The Bertz CT molecular complexity index is 312. The van der Waals surface area contributed by atoms with Gasteiger partial charge in [0.1, 0.15) is 0 Å². The molecule has 0 aliphatic carbocycles. The van der Waals surface area contributed by atoms with Gasteiger partial charge in [-0.15, -0.1) is 11.3 Å². The largest absolute Gasteiger partial charge is 0.309 e. The Hall–Kier alpha value is -0.410. The molecule has 0 unspecified atom stereocenters. The molecule has 0 fully saturated rings. The number of nitrogens with one attached hydrogen (secondary N) is 1. The molecule has 2 nitrogen and oxygen atoms in total. The van der Waals surface area contributed by atoms with Crippen molar-refractivity contribution in [2.24, 2.45) is 0 Å². The first-order valence-corrected chi connectivity index (χ1v) is 8.72. The van der Waals surface area contributed by atoms with E-state index in [-0.39, 0.29) is 0 Å². The van der Waals surface area contributed by atoms with Crippen molar-refractivity contribution in [3.63, 3.8) is 0 Å². The summed E-state index contributed by atoms with van der Waals surface area (Å²) in [6, 6.07) is 0.695. The second kappa shape index (κ2) is 10.4. The quantitative estimate of drug-likeness (QED) is 0.573. The molecule has 1 aromatic rings. The van der Waals surface area contributed by atoms with Gasteiger partial charge in [-0.2, -0.15) is 0 Å². The summed E-state index contributed by atoms with van der Waals surface area (Å²) in [4.78, 5) is 5.69. The number of thiazole rings is 1. The van der Waals surface area contributed by atoms with E-state index in [2.05, 4.69) is 31.1 Å². The molecule has 0 aromatic carbocycles. The van der Waals surface area contributed by atoms with E-state index in [1.807, 2.05) is 17.5 Å². The summed E-state index contributed by atoms with van der Waals surface area (Å²) in [5, 5.41) is 4.91. The lowest BCUT2D eigenvalue weighted by atomic mass is 10.0. The van der Waals surface area contributed by atoms with Crippen molar-refractivity contribution < 1.29 is 0 Å². The highest BCUT2D eigenvalue weighted by molar-refractivity contribution is 7.11. The first-order valence-electron chi connectivity index (χ1n) is 7.91. The van der Waals surface area contributed by atoms with Gasteiger partial charge in [0.05, 0.1) is 5.01 Å². The summed E-state index contributed by atoms with van der Waals surface area (Å²) in [6.45, 7) is 7.63. The fourth-order valence-electron chi connectivity index (χ4n) is 2.36. The number of rotatable bonds is 11. The number of aryl methyl sites for hydroxylation is 1. The predicted octanol–water partition coefficient (Wildman–Crippen LogP) is 5.07. The topological polar surface area (TPSA) is 24.9 Å². The lowest BCUT2D eigenvalue weighted by molar-refractivity contribution is 0.419. The van der Waals surface area contributed by atoms with Crippen molar-refractivity contribution in [1.29, 1.82) is 0 Å². The monoisotopic (exact) mass is 282 g/mol. The van der Waals surface area contributed by atoms with E-state index >= 15 is 0 Å². The molecule has 1 rings (SSSR count). The highest BCUT2D eigenvalue weighted by Crippen LogP contribution is 2.14. The van der Waals surface area contributed by atoms with Crippen LogP contribution in [-0.2, 0) is 6.54 Å². The van der Waals surface area contributed by atoms with Crippen LogP contribution in [0.15, 0.2) is 6.20 Å². The molecule has 0 aliphatic heterocycles. The number of unbranched alkanes of at least 4 members (excludes halogenated alkanes) is 4. The van der Waals surface area contributed by atoms with Gasteiger partial charge in [0.25, 0.3) is 0 Å². The lowest BCUT2D eigenvalue weighted by Gasteiger charge is -2.18. The summed E-state index contributed by atoms with van der Waals surface area (Å²) in [6.07, 6.45) is 12.8. The van der Waals surface area contributed by atoms with Crippen molar-refractivity contribution in [1.82, 2.24) is 10.3 Å². The SMILES string of the molecule is CCCCCC(CCCCC)NCc1cnc(C)s1. The zero-order chi connectivity index (χ0) is 13.9. The van der Waals surface area contributed by atoms with Crippen LogP contribution in [0.25, 0.3) is 0 Å². The van der Waals surface area contributed by atoms with Crippen molar-refractivity contribution in [2.75, 3.05) is 0 Å². The number of nitrogens with zero attached hydrogens (tertiary/aromatic N) is 1. The van der Waals surface area contributed by atoms with Crippen LogP contribution < -0.4 is 5.32 Å².